The number of aryl methyl sites for hydroxylation is 2. The zero-order chi connectivity index (χ0) is 20.7. The fraction of sp³-hybridized carbons (Fsp3) is 0.435. The van der Waals surface area contributed by atoms with Crippen molar-refractivity contribution in [1.29, 1.82) is 0 Å². The molecule has 5 heteroatoms. The van der Waals surface area contributed by atoms with E-state index < -0.39 is 21.1 Å². The van der Waals surface area contributed by atoms with Crippen molar-refractivity contribution in [3.05, 3.63) is 65.7 Å². The summed E-state index contributed by atoms with van der Waals surface area (Å²) in [6, 6.07) is 17.5. The van der Waals surface area contributed by atoms with Crippen LogP contribution >= 0.6 is 11.6 Å². The molecule has 0 heterocycles. The highest BCUT2D eigenvalue weighted by Gasteiger charge is 2.30. The highest BCUT2D eigenvalue weighted by molar-refractivity contribution is 7.87. The molecule has 0 aliphatic carbocycles. The number of hydrogen-bond donors (Lipinski definition) is 0. The van der Waals surface area contributed by atoms with E-state index in [9.17, 15) is 9.00 Å². The molecule has 0 radical (unpaired) electrons. The van der Waals surface area contributed by atoms with Crippen LogP contribution in [0.2, 0.25) is 0 Å². The lowest BCUT2D eigenvalue weighted by molar-refractivity contribution is -0.155. The molecule has 0 N–H and O–H groups in total. The van der Waals surface area contributed by atoms with Gasteiger partial charge in [-0.25, -0.2) is 0 Å². The summed E-state index contributed by atoms with van der Waals surface area (Å²) in [5, 5.41) is 0. The normalized spacial score (nSPS) is 14.9. The van der Waals surface area contributed by atoms with Gasteiger partial charge in [-0.2, -0.15) is 0 Å². The molecule has 2 aromatic carbocycles. The van der Waals surface area contributed by atoms with Crippen LogP contribution in [-0.4, -0.2) is 20.5 Å². The van der Waals surface area contributed by atoms with Gasteiger partial charge in [-0.15, -0.1) is 11.6 Å². The van der Waals surface area contributed by atoms with Gasteiger partial charge in [0.15, 0.2) is 0 Å². The Hall–Kier alpha value is -1.65. The fourth-order valence-corrected chi connectivity index (χ4v) is 4.67. The van der Waals surface area contributed by atoms with E-state index in [0.717, 1.165) is 12.0 Å². The Morgan fingerprint density at radius 3 is 2.25 bits per heavy atom. The number of rotatable bonds is 8. The summed E-state index contributed by atoms with van der Waals surface area (Å²) in [5.74, 6) is -0.559. The van der Waals surface area contributed by atoms with Crippen LogP contribution in [0.4, 0.5) is 0 Å². The summed E-state index contributed by atoms with van der Waals surface area (Å²) >= 11 is 6.65. The van der Waals surface area contributed by atoms with E-state index in [0.29, 0.717) is 11.3 Å². The Kier molecular flexibility index (Phi) is 8.26. The number of carbonyl (C=O) groups excluding carboxylic acids is 1. The maximum Gasteiger partial charge on any atom is 0.306 e. The minimum absolute atomic E-state index is 0.149. The smallest absolute Gasteiger partial charge is 0.306 e. The van der Waals surface area contributed by atoms with E-state index in [1.54, 1.807) is 0 Å². The average molecular weight is 421 g/mol. The molecule has 0 saturated heterocycles. The van der Waals surface area contributed by atoms with E-state index in [1.165, 1.54) is 5.56 Å². The third-order valence-electron chi connectivity index (χ3n) is 4.32. The molecule has 0 fully saturated rings. The largest absolute Gasteiger partial charge is 0.460 e. The van der Waals surface area contributed by atoms with Gasteiger partial charge in [0.05, 0.1) is 17.2 Å². The Morgan fingerprint density at radius 2 is 1.68 bits per heavy atom. The summed E-state index contributed by atoms with van der Waals surface area (Å²) in [6.45, 7) is 7.50. The van der Waals surface area contributed by atoms with Crippen LogP contribution in [0.1, 0.15) is 44.7 Å². The van der Waals surface area contributed by atoms with Crippen LogP contribution in [0.25, 0.3) is 0 Å². The Morgan fingerprint density at radius 1 is 1.07 bits per heavy atom. The van der Waals surface area contributed by atoms with Gasteiger partial charge in [-0.3, -0.25) is 9.00 Å². The minimum Gasteiger partial charge on any atom is -0.460 e. The van der Waals surface area contributed by atoms with Crippen LogP contribution in [0.3, 0.4) is 0 Å². The summed E-state index contributed by atoms with van der Waals surface area (Å²) < 4.78 is 17.8. The SMILES string of the molecule is Cc1ccc(S(=O)[C@@H](Cl)C(CCc2ccccc2)CC(=O)OC(C)(C)C)cc1. The van der Waals surface area contributed by atoms with Gasteiger partial charge in [0.25, 0.3) is 0 Å². The van der Waals surface area contributed by atoms with E-state index in [2.05, 4.69) is 0 Å². The van der Waals surface area contributed by atoms with Gasteiger partial charge < -0.3 is 4.74 Å². The molecular formula is C23H29ClO3S. The van der Waals surface area contributed by atoms with Crippen LogP contribution in [0.15, 0.2) is 59.5 Å². The number of hydrogen-bond acceptors (Lipinski definition) is 3. The molecule has 0 bridgehead atoms. The van der Waals surface area contributed by atoms with E-state index in [-0.39, 0.29) is 18.3 Å². The lowest BCUT2D eigenvalue weighted by atomic mass is 9.98. The van der Waals surface area contributed by atoms with Gasteiger partial charge in [0.1, 0.15) is 10.3 Å². The summed E-state index contributed by atoms with van der Waals surface area (Å²) in [7, 11) is -1.41. The molecule has 0 aromatic heterocycles. The van der Waals surface area contributed by atoms with Crippen molar-refractivity contribution in [2.75, 3.05) is 0 Å². The molecule has 0 amide bonds. The van der Waals surface area contributed by atoms with Crippen molar-refractivity contribution in [3.8, 4) is 0 Å². The summed E-state index contributed by atoms with van der Waals surface area (Å²) in [6.07, 6.45) is 1.58. The number of halogens is 1. The first kappa shape index (κ1) is 22.6. The lowest BCUT2D eigenvalue weighted by Crippen LogP contribution is -2.29. The van der Waals surface area contributed by atoms with Crippen molar-refractivity contribution in [2.45, 2.75) is 62.2 Å². The number of carbonyl (C=O) groups is 1. The third-order valence-corrected chi connectivity index (χ3v) is 6.70. The molecule has 28 heavy (non-hydrogen) atoms. The zero-order valence-electron chi connectivity index (χ0n) is 17.0. The molecule has 0 aliphatic heterocycles. The van der Waals surface area contributed by atoms with Gasteiger partial charge in [-0.05, 0) is 64.2 Å². The molecular weight excluding hydrogens is 392 g/mol. The zero-order valence-corrected chi connectivity index (χ0v) is 18.6. The van der Waals surface area contributed by atoms with Crippen molar-refractivity contribution >= 4 is 28.4 Å². The predicted octanol–water partition coefficient (Wildman–Crippen LogP) is 5.65. The number of alkyl halides is 1. The minimum atomic E-state index is -1.41. The van der Waals surface area contributed by atoms with Gasteiger partial charge in [0.2, 0.25) is 0 Å². The molecule has 2 rings (SSSR count). The molecule has 2 unspecified atom stereocenters. The highest BCUT2D eigenvalue weighted by Crippen LogP contribution is 2.29. The first-order valence-corrected chi connectivity index (χ1v) is 11.2. The molecule has 0 spiro atoms. The lowest BCUT2D eigenvalue weighted by Gasteiger charge is -2.24. The van der Waals surface area contributed by atoms with Gasteiger partial charge in [0, 0.05) is 4.90 Å². The summed E-state index contributed by atoms with van der Waals surface area (Å²) in [4.78, 5) is 13.1. The molecule has 152 valence electrons. The monoisotopic (exact) mass is 420 g/mol. The Balaban J connectivity index is 2.13. The van der Waals surface area contributed by atoms with E-state index in [1.807, 2.05) is 82.3 Å². The second kappa shape index (κ2) is 10.2. The van der Waals surface area contributed by atoms with Crippen LogP contribution in [0, 0.1) is 12.8 Å². The molecule has 0 aliphatic rings. The second-order valence-electron chi connectivity index (χ2n) is 8.04. The van der Waals surface area contributed by atoms with Crippen LogP contribution < -0.4 is 0 Å². The highest BCUT2D eigenvalue weighted by atomic mass is 35.5. The van der Waals surface area contributed by atoms with Crippen LogP contribution in [-0.2, 0) is 26.8 Å². The molecule has 3 atom stereocenters. The van der Waals surface area contributed by atoms with Crippen molar-refractivity contribution in [1.82, 2.24) is 0 Å². The first-order chi connectivity index (χ1) is 13.2. The molecule has 3 nitrogen and oxygen atoms in total. The van der Waals surface area contributed by atoms with E-state index >= 15 is 0 Å². The van der Waals surface area contributed by atoms with Gasteiger partial charge >= 0.3 is 5.97 Å². The first-order valence-electron chi connectivity index (χ1n) is 9.53. The maximum absolute atomic E-state index is 13.0. The topological polar surface area (TPSA) is 43.4 Å². The second-order valence-corrected chi connectivity index (χ2v) is 10.3. The third kappa shape index (κ3) is 7.40. The fourth-order valence-electron chi connectivity index (χ4n) is 2.90. The quantitative estimate of drug-likeness (QED) is 0.409. The van der Waals surface area contributed by atoms with Crippen molar-refractivity contribution < 1.29 is 13.7 Å². The maximum atomic E-state index is 13.0. The molecule has 2 aromatic rings. The van der Waals surface area contributed by atoms with Crippen molar-refractivity contribution in [3.63, 3.8) is 0 Å². The standard InChI is InChI=1S/C23H29ClO3S/c1-17-10-14-20(15-11-17)28(26)22(24)19(16-21(25)27-23(2,3)4)13-12-18-8-6-5-7-9-18/h5-11,14-15,19,22H,12-13,16H2,1-4H3/t19?,22-,28?/m1/s1. The molecule has 0 saturated carbocycles. The van der Waals surface area contributed by atoms with Gasteiger partial charge in [-0.1, -0.05) is 48.0 Å². The predicted molar refractivity (Wildman–Crippen MR) is 116 cm³/mol. The summed E-state index contributed by atoms with van der Waals surface area (Å²) in [5.41, 5.74) is 1.71. The average Bonchev–Trinajstić information content (AvgIpc) is 2.64. The van der Waals surface area contributed by atoms with Crippen LogP contribution in [0.5, 0.6) is 0 Å². The van der Waals surface area contributed by atoms with Crippen molar-refractivity contribution in [2.24, 2.45) is 5.92 Å². The Labute approximate surface area is 175 Å². The number of esters is 1. The number of benzene rings is 2. The van der Waals surface area contributed by atoms with E-state index in [4.69, 9.17) is 16.3 Å². The number of ether oxygens (including phenoxy) is 1. The Bertz CT molecular complexity index is 782.